The Morgan fingerprint density at radius 1 is 1.21 bits per heavy atom. The fraction of sp³-hybridized carbons (Fsp3) is 0.278. The number of rotatable bonds is 6. The zero-order valence-corrected chi connectivity index (χ0v) is 16.0. The first kappa shape index (κ1) is 18.7. The Bertz CT molecular complexity index is 859. The van der Waals surface area contributed by atoms with Gasteiger partial charge in [0.15, 0.2) is 0 Å². The smallest absolute Gasteiger partial charge is 0.207 e. The summed E-state index contributed by atoms with van der Waals surface area (Å²) in [6.07, 6.45) is 0.700. The molecule has 0 fully saturated rings. The van der Waals surface area contributed by atoms with E-state index in [1.807, 2.05) is 44.2 Å². The lowest BCUT2D eigenvalue weighted by Gasteiger charge is -2.29. The van der Waals surface area contributed by atoms with Crippen LogP contribution >= 0.6 is 15.9 Å². The zero-order chi connectivity index (χ0) is 17.7. The molecule has 126 valence electrons. The highest BCUT2D eigenvalue weighted by Crippen LogP contribution is 2.32. The molecule has 6 heteroatoms. The predicted octanol–water partition coefficient (Wildman–Crippen LogP) is 4.48. The van der Waals surface area contributed by atoms with E-state index >= 15 is 0 Å². The third kappa shape index (κ3) is 3.86. The van der Waals surface area contributed by atoms with Gasteiger partial charge in [-0.25, -0.2) is 8.42 Å². The van der Waals surface area contributed by atoms with Gasteiger partial charge in [0.2, 0.25) is 10.0 Å². The number of halogens is 1. The van der Waals surface area contributed by atoms with Gasteiger partial charge in [-0.15, -0.1) is 0 Å². The van der Waals surface area contributed by atoms with Gasteiger partial charge in [0.1, 0.15) is 0 Å². The van der Waals surface area contributed by atoms with Crippen molar-refractivity contribution in [1.82, 2.24) is 4.31 Å². The third-order valence-corrected chi connectivity index (χ3v) is 6.49. The molecule has 0 aromatic heterocycles. The Labute approximate surface area is 151 Å². The quantitative estimate of drug-likeness (QED) is 0.709. The molecular formula is C18H19BrN2O2S. The molecule has 0 aliphatic rings. The summed E-state index contributed by atoms with van der Waals surface area (Å²) >= 11 is 3.50. The van der Waals surface area contributed by atoms with Gasteiger partial charge in [-0.3, -0.25) is 0 Å². The van der Waals surface area contributed by atoms with Crippen LogP contribution in [0.5, 0.6) is 0 Å². The summed E-state index contributed by atoms with van der Waals surface area (Å²) in [6.45, 7) is 4.23. The van der Waals surface area contributed by atoms with E-state index in [-0.39, 0.29) is 10.9 Å². The Hall–Kier alpha value is -1.68. The normalized spacial score (nSPS) is 12.8. The molecule has 0 radical (unpaired) electrons. The average Bonchev–Trinajstić information content (AvgIpc) is 2.59. The maximum atomic E-state index is 13.1. The van der Waals surface area contributed by atoms with E-state index in [1.54, 1.807) is 12.1 Å². The van der Waals surface area contributed by atoms with Gasteiger partial charge >= 0.3 is 0 Å². The average molecular weight is 407 g/mol. The van der Waals surface area contributed by atoms with E-state index in [2.05, 4.69) is 15.9 Å². The summed E-state index contributed by atoms with van der Waals surface area (Å²) in [4.78, 5) is 0.147. The number of benzene rings is 2. The minimum atomic E-state index is -3.70. The molecule has 0 saturated heterocycles. The molecule has 2 aromatic rings. The lowest BCUT2D eigenvalue weighted by atomic mass is 10.1. The molecule has 1 unspecified atom stereocenters. The van der Waals surface area contributed by atoms with Crippen molar-refractivity contribution in [3.8, 4) is 6.07 Å². The second kappa shape index (κ2) is 7.93. The highest BCUT2D eigenvalue weighted by Gasteiger charge is 2.30. The molecule has 0 spiro atoms. The van der Waals surface area contributed by atoms with Crippen molar-refractivity contribution >= 4 is 26.0 Å². The van der Waals surface area contributed by atoms with Crippen molar-refractivity contribution in [2.24, 2.45) is 0 Å². The monoisotopic (exact) mass is 406 g/mol. The van der Waals surface area contributed by atoms with Crippen LogP contribution in [-0.4, -0.2) is 19.3 Å². The molecule has 2 aromatic carbocycles. The summed E-state index contributed by atoms with van der Waals surface area (Å²) in [7, 11) is -3.70. The molecule has 0 heterocycles. The van der Waals surface area contributed by atoms with Crippen molar-refractivity contribution in [1.29, 1.82) is 5.26 Å². The van der Waals surface area contributed by atoms with E-state index in [9.17, 15) is 8.42 Å². The molecule has 0 aliphatic heterocycles. The SMILES string of the molecule is CCCN(C(C)c1ccccc1Br)S(=O)(=O)c1cccc(C#N)c1. The Balaban J connectivity index is 2.49. The van der Waals surface area contributed by atoms with Crippen LogP contribution in [0.3, 0.4) is 0 Å². The minimum absolute atomic E-state index is 0.147. The van der Waals surface area contributed by atoms with Crippen LogP contribution in [0.15, 0.2) is 57.9 Å². The second-order valence-electron chi connectivity index (χ2n) is 5.45. The Kier molecular flexibility index (Phi) is 6.16. The van der Waals surface area contributed by atoms with E-state index in [4.69, 9.17) is 5.26 Å². The summed E-state index contributed by atoms with van der Waals surface area (Å²) in [6, 6.07) is 15.4. The number of hydrogen-bond acceptors (Lipinski definition) is 3. The fourth-order valence-electron chi connectivity index (χ4n) is 2.57. The summed E-state index contributed by atoms with van der Waals surface area (Å²) in [5.74, 6) is 0. The Morgan fingerprint density at radius 3 is 2.54 bits per heavy atom. The lowest BCUT2D eigenvalue weighted by Crippen LogP contribution is -2.34. The highest BCUT2D eigenvalue weighted by molar-refractivity contribution is 9.10. The number of nitrogens with zero attached hydrogens (tertiary/aromatic N) is 2. The lowest BCUT2D eigenvalue weighted by molar-refractivity contribution is 0.341. The van der Waals surface area contributed by atoms with Crippen LogP contribution in [0.25, 0.3) is 0 Å². The predicted molar refractivity (Wildman–Crippen MR) is 97.9 cm³/mol. The molecule has 24 heavy (non-hydrogen) atoms. The number of nitriles is 1. The van der Waals surface area contributed by atoms with Gasteiger partial charge in [0.05, 0.1) is 16.5 Å². The third-order valence-electron chi connectivity index (χ3n) is 3.80. The van der Waals surface area contributed by atoms with Crippen molar-refractivity contribution in [2.45, 2.75) is 31.2 Å². The number of hydrogen-bond donors (Lipinski definition) is 0. The van der Waals surface area contributed by atoms with Crippen LogP contribution in [0.1, 0.15) is 37.4 Å². The van der Waals surface area contributed by atoms with E-state index in [0.29, 0.717) is 18.5 Å². The van der Waals surface area contributed by atoms with Crippen molar-refractivity contribution in [3.63, 3.8) is 0 Å². The van der Waals surface area contributed by atoms with Crippen LogP contribution < -0.4 is 0 Å². The van der Waals surface area contributed by atoms with Crippen LogP contribution in [-0.2, 0) is 10.0 Å². The van der Waals surface area contributed by atoms with Crippen molar-refractivity contribution in [3.05, 3.63) is 64.1 Å². The largest absolute Gasteiger partial charge is 0.243 e. The standard InChI is InChI=1S/C18H19BrN2O2S/c1-3-11-21(14(2)17-9-4-5-10-18(17)19)24(22,23)16-8-6-7-15(12-16)13-20/h4-10,12,14H,3,11H2,1-2H3. The van der Waals surface area contributed by atoms with E-state index in [1.165, 1.54) is 16.4 Å². The molecule has 2 rings (SSSR count). The zero-order valence-electron chi connectivity index (χ0n) is 13.6. The van der Waals surface area contributed by atoms with E-state index in [0.717, 1.165) is 10.0 Å². The first-order valence-electron chi connectivity index (χ1n) is 7.68. The van der Waals surface area contributed by atoms with Crippen LogP contribution in [0, 0.1) is 11.3 Å². The molecule has 1 atom stereocenters. The molecule has 0 N–H and O–H groups in total. The van der Waals surface area contributed by atoms with Gasteiger partial charge in [0, 0.05) is 17.1 Å². The van der Waals surface area contributed by atoms with E-state index < -0.39 is 10.0 Å². The topological polar surface area (TPSA) is 61.2 Å². The molecule has 0 aliphatic carbocycles. The van der Waals surface area contributed by atoms with Crippen molar-refractivity contribution in [2.75, 3.05) is 6.54 Å². The Morgan fingerprint density at radius 2 is 1.92 bits per heavy atom. The van der Waals surface area contributed by atoms with Crippen LogP contribution in [0.4, 0.5) is 0 Å². The van der Waals surface area contributed by atoms with Gasteiger partial charge in [-0.05, 0) is 43.2 Å². The van der Waals surface area contributed by atoms with Crippen LogP contribution in [0.2, 0.25) is 0 Å². The fourth-order valence-corrected chi connectivity index (χ4v) is 4.94. The number of sulfonamides is 1. The van der Waals surface area contributed by atoms with Crippen molar-refractivity contribution < 1.29 is 8.42 Å². The maximum absolute atomic E-state index is 13.1. The highest BCUT2D eigenvalue weighted by atomic mass is 79.9. The maximum Gasteiger partial charge on any atom is 0.243 e. The molecule has 4 nitrogen and oxygen atoms in total. The van der Waals surface area contributed by atoms with Gasteiger partial charge < -0.3 is 0 Å². The first-order valence-corrected chi connectivity index (χ1v) is 9.91. The molecule has 0 saturated carbocycles. The van der Waals surface area contributed by atoms with Gasteiger partial charge in [-0.1, -0.05) is 47.1 Å². The van der Waals surface area contributed by atoms with Gasteiger partial charge in [-0.2, -0.15) is 9.57 Å². The van der Waals surface area contributed by atoms with Gasteiger partial charge in [0.25, 0.3) is 0 Å². The summed E-state index contributed by atoms with van der Waals surface area (Å²) < 4.78 is 28.6. The molecule has 0 amide bonds. The second-order valence-corrected chi connectivity index (χ2v) is 8.20. The molecular weight excluding hydrogens is 388 g/mol. The first-order chi connectivity index (χ1) is 11.4. The molecule has 0 bridgehead atoms. The summed E-state index contributed by atoms with van der Waals surface area (Å²) in [5.41, 5.74) is 1.24. The minimum Gasteiger partial charge on any atom is -0.207 e. The summed E-state index contributed by atoms with van der Waals surface area (Å²) in [5, 5.41) is 9.03.